The van der Waals surface area contributed by atoms with Crippen molar-refractivity contribution < 1.29 is 4.74 Å². The van der Waals surface area contributed by atoms with Crippen molar-refractivity contribution in [2.75, 3.05) is 6.61 Å². The van der Waals surface area contributed by atoms with Gasteiger partial charge in [-0.2, -0.15) is 0 Å². The van der Waals surface area contributed by atoms with Crippen LogP contribution in [0.15, 0.2) is 91.0 Å². The van der Waals surface area contributed by atoms with Crippen molar-refractivity contribution in [3.63, 3.8) is 0 Å². The minimum Gasteiger partial charge on any atom is -0.377 e. The van der Waals surface area contributed by atoms with Crippen LogP contribution in [0.1, 0.15) is 36.0 Å². The van der Waals surface area contributed by atoms with Gasteiger partial charge in [0.15, 0.2) is 17.4 Å². The molecule has 1 heterocycles. The molecule has 0 aromatic heterocycles. The Hall–Kier alpha value is -1.85. The van der Waals surface area contributed by atoms with Crippen LogP contribution in [0.4, 0.5) is 0 Å². The van der Waals surface area contributed by atoms with Crippen LogP contribution >= 0.6 is 0 Å². The minimum absolute atomic E-state index is 0. The summed E-state index contributed by atoms with van der Waals surface area (Å²) in [6.45, 7) is 0.846. The molecular weight excluding hydrogens is 331 g/mol. The lowest BCUT2D eigenvalue weighted by Gasteiger charge is -2.44. The molecular formula is C24H27AlO. The molecule has 1 saturated heterocycles. The van der Waals surface area contributed by atoms with Gasteiger partial charge in [-0.3, -0.25) is 0 Å². The second kappa shape index (κ2) is 8.69. The Bertz CT molecular complexity index is 684. The number of hydrogen-bond donors (Lipinski definition) is 0. The molecule has 1 aliphatic heterocycles. The molecule has 2 heteroatoms. The summed E-state index contributed by atoms with van der Waals surface area (Å²) in [7, 11) is 0. The summed E-state index contributed by atoms with van der Waals surface area (Å²) < 4.78 is 6.41. The Kier molecular flexibility index (Phi) is 6.33. The average Bonchev–Trinajstić information content (AvgIpc) is 2.72. The fourth-order valence-corrected chi connectivity index (χ4v) is 4.24. The van der Waals surface area contributed by atoms with E-state index >= 15 is 0 Å². The molecule has 0 saturated carbocycles. The Labute approximate surface area is 167 Å². The molecule has 132 valence electrons. The predicted octanol–water partition coefficient (Wildman–Crippen LogP) is 4.41. The number of ether oxygens (including phenoxy) is 1. The van der Waals surface area contributed by atoms with Gasteiger partial charge in [0.1, 0.15) is 0 Å². The van der Waals surface area contributed by atoms with Crippen molar-refractivity contribution in [1.82, 2.24) is 0 Å². The van der Waals surface area contributed by atoms with Crippen molar-refractivity contribution in [1.29, 1.82) is 0 Å². The summed E-state index contributed by atoms with van der Waals surface area (Å²) >= 11 is 0. The molecule has 4 rings (SSSR count). The second-order valence-electron chi connectivity index (χ2n) is 6.76. The highest BCUT2D eigenvalue weighted by molar-refractivity contribution is 5.75. The van der Waals surface area contributed by atoms with Gasteiger partial charge in [-0.15, -0.1) is 0 Å². The maximum atomic E-state index is 6.41. The van der Waals surface area contributed by atoms with E-state index in [0.717, 1.165) is 19.4 Å². The first-order valence-corrected chi connectivity index (χ1v) is 9.20. The lowest BCUT2D eigenvalue weighted by molar-refractivity contribution is -0.0137. The zero-order valence-corrected chi connectivity index (χ0v) is 14.5. The van der Waals surface area contributed by atoms with Gasteiger partial charge in [0.2, 0.25) is 0 Å². The number of benzene rings is 3. The molecule has 3 aromatic rings. The molecule has 0 amide bonds. The van der Waals surface area contributed by atoms with E-state index in [9.17, 15) is 0 Å². The second-order valence-corrected chi connectivity index (χ2v) is 6.76. The first kappa shape index (κ1) is 18.9. The van der Waals surface area contributed by atoms with Crippen LogP contribution in [0.5, 0.6) is 0 Å². The molecule has 0 N–H and O–H groups in total. The van der Waals surface area contributed by atoms with Gasteiger partial charge in [0, 0.05) is 6.61 Å². The summed E-state index contributed by atoms with van der Waals surface area (Å²) in [6.07, 6.45) is 3.61. The molecule has 1 aliphatic rings. The van der Waals surface area contributed by atoms with E-state index in [1.807, 2.05) is 0 Å². The lowest BCUT2D eigenvalue weighted by Crippen LogP contribution is -2.45. The Balaban J connectivity index is 0.00000196. The van der Waals surface area contributed by atoms with Crippen molar-refractivity contribution in [2.45, 2.75) is 30.8 Å². The normalized spacial score (nSPS) is 17.3. The van der Waals surface area contributed by atoms with Gasteiger partial charge >= 0.3 is 0 Å². The third kappa shape index (κ3) is 3.38. The fraction of sp³-hybridized carbons (Fsp3) is 0.250. The Morgan fingerprint density at radius 3 is 1.38 bits per heavy atom. The largest absolute Gasteiger partial charge is 0.377 e. The summed E-state index contributed by atoms with van der Waals surface area (Å²) in [5.74, 6) is 0. The molecule has 1 atom stereocenters. The van der Waals surface area contributed by atoms with E-state index in [2.05, 4.69) is 91.0 Å². The van der Waals surface area contributed by atoms with Crippen LogP contribution in [0.3, 0.4) is 0 Å². The minimum atomic E-state index is -0.274. The zero-order valence-electron chi connectivity index (χ0n) is 14.5. The Morgan fingerprint density at radius 1 is 0.615 bits per heavy atom. The molecule has 1 unspecified atom stereocenters. The highest BCUT2D eigenvalue weighted by atomic mass is 27.0. The lowest BCUT2D eigenvalue weighted by atomic mass is 9.64. The quantitative estimate of drug-likeness (QED) is 0.496. The van der Waals surface area contributed by atoms with E-state index in [4.69, 9.17) is 4.74 Å². The molecule has 1 nitrogen and oxygen atoms in total. The summed E-state index contributed by atoms with van der Waals surface area (Å²) in [6, 6.07) is 32.6. The van der Waals surface area contributed by atoms with Crippen LogP contribution in [0, 0.1) is 0 Å². The highest BCUT2D eigenvalue weighted by Crippen LogP contribution is 2.45. The highest BCUT2D eigenvalue weighted by Gasteiger charge is 2.44. The monoisotopic (exact) mass is 358 g/mol. The molecule has 0 bridgehead atoms. The predicted molar refractivity (Wildman–Crippen MR) is 113 cm³/mol. The van der Waals surface area contributed by atoms with Crippen molar-refractivity contribution in [2.24, 2.45) is 0 Å². The van der Waals surface area contributed by atoms with Gasteiger partial charge in [-0.05, 0) is 36.0 Å². The molecule has 0 aliphatic carbocycles. The topological polar surface area (TPSA) is 9.23 Å². The van der Waals surface area contributed by atoms with Crippen molar-refractivity contribution in [3.05, 3.63) is 108 Å². The average molecular weight is 358 g/mol. The van der Waals surface area contributed by atoms with Gasteiger partial charge in [-0.25, -0.2) is 0 Å². The number of rotatable bonds is 4. The van der Waals surface area contributed by atoms with Crippen LogP contribution in [-0.4, -0.2) is 30.1 Å². The smallest absolute Gasteiger partial charge is 0.187 e. The van der Waals surface area contributed by atoms with Gasteiger partial charge in [-0.1, -0.05) is 91.0 Å². The zero-order chi connectivity index (χ0) is 17.0. The van der Waals surface area contributed by atoms with E-state index in [0.29, 0.717) is 0 Å². The Morgan fingerprint density at radius 2 is 1.04 bits per heavy atom. The van der Waals surface area contributed by atoms with Crippen molar-refractivity contribution >= 4 is 17.4 Å². The maximum Gasteiger partial charge on any atom is 0.187 e. The molecule has 1 fully saturated rings. The van der Waals surface area contributed by atoms with Crippen LogP contribution in [0.2, 0.25) is 0 Å². The van der Waals surface area contributed by atoms with Gasteiger partial charge in [0.05, 0.1) is 11.5 Å². The SMILES string of the molecule is [AlH3].c1ccc(C(c2ccccc2)(c2ccccc2)C2CCCCO2)cc1. The third-order valence-corrected chi connectivity index (χ3v) is 5.35. The van der Waals surface area contributed by atoms with E-state index < -0.39 is 0 Å². The molecule has 0 radical (unpaired) electrons. The summed E-state index contributed by atoms with van der Waals surface area (Å²) in [4.78, 5) is 0. The third-order valence-electron chi connectivity index (χ3n) is 5.35. The maximum absolute atomic E-state index is 6.41. The summed E-state index contributed by atoms with van der Waals surface area (Å²) in [5.41, 5.74) is 3.64. The molecule has 3 aromatic carbocycles. The molecule has 26 heavy (non-hydrogen) atoms. The fourth-order valence-electron chi connectivity index (χ4n) is 4.24. The van der Waals surface area contributed by atoms with Gasteiger partial charge in [0.25, 0.3) is 0 Å². The first-order chi connectivity index (χ1) is 12.4. The van der Waals surface area contributed by atoms with E-state index in [-0.39, 0.29) is 28.9 Å². The van der Waals surface area contributed by atoms with Crippen molar-refractivity contribution in [3.8, 4) is 0 Å². The summed E-state index contributed by atoms with van der Waals surface area (Å²) in [5, 5.41) is 0. The van der Waals surface area contributed by atoms with Crippen LogP contribution in [-0.2, 0) is 10.2 Å². The first-order valence-electron chi connectivity index (χ1n) is 9.20. The standard InChI is InChI=1S/C24H24O.Al.3H/c1-4-12-20(13-5-1)24(21-14-6-2-7-15-21,22-16-8-3-9-17-22)23-18-10-11-19-25-23;;;;/h1-9,12-17,23H,10-11,18-19H2;;;;. The van der Waals surface area contributed by atoms with Crippen LogP contribution < -0.4 is 0 Å². The number of hydrogen-bond acceptors (Lipinski definition) is 1. The van der Waals surface area contributed by atoms with Gasteiger partial charge < -0.3 is 4.74 Å². The van der Waals surface area contributed by atoms with Crippen LogP contribution in [0.25, 0.3) is 0 Å². The van der Waals surface area contributed by atoms with E-state index in [1.165, 1.54) is 23.1 Å². The molecule has 0 spiro atoms. The van der Waals surface area contributed by atoms with E-state index in [1.54, 1.807) is 0 Å².